The quantitative estimate of drug-likeness (QED) is 0.632. The molecule has 0 N–H and O–H groups in total. The average molecular weight is 271 g/mol. The van der Waals surface area contributed by atoms with Crippen molar-refractivity contribution in [1.82, 2.24) is 4.98 Å². The number of benzene rings is 1. The molecule has 5 nitrogen and oxygen atoms in total. The van der Waals surface area contributed by atoms with Crippen LogP contribution in [0.15, 0.2) is 24.3 Å². The Morgan fingerprint density at radius 2 is 2.15 bits per heavy atom. The number of hydrogen-bond acceptors (Lipinski definition) is 4. The molecule has 0 aliphatic carbocycles. The zero-order valence-electron chi connectivity index (χ0n) is 11.5. The van der Waals surface area contributed by atoms with Gasteiger partial charge in [-0.3, -0.25) is 15.1 Å². The van der Waals surface area contributed by atoms with Crippen LogP contribution < -0.4 is 4.90 Å². The second kappa shape index (κ2) is 5.07. The summed E-state index contributed by atoms with van der Waals surface area (Å²) in [7, 11) is 0. The minimum atomic E-state index is -0.348. The predicted octanol–water partition coefficient (Wildman–Crippen LogP) is 3.31. The molecule has 0 saturated carbocycles. The third-order valence-electron chi connectivity index (χ3n) is 3.74. The lowest BCUT2D eigenvalue weighted by Gasteiger charge is -2.34. The Hall–Kier alpha value is -2.17. The maximum Gasteiger partial charge on any atom is 0.270 e. The lowest BCUT2D eigenvalue weighted by Crippen LogP contribution is -2.37. The molecule has 2 heterocycles. The Balaban J connectivity index is 2.17. The first-order chi connectivity index (χ1) is 9.69. The van der Waals surface area contributed by atoms with E-state index >= 15 is 0 Å². The van der Waals surface area contributed by atoms with Gasteiger partial charge in [-0.2, -0.15) is 0 Å². The van der Waals surface area contributed by atoms with E-state index < -0.39 is 0 Å². The maximum atomic E-state index is 11.0. The highest BCUT2D eigenvalue weighted by molar-refractivity contribution is 5.93. The fourth-order valence-corrected chi connectivity index (χ4v) is 2.57. The monoisotopic (exact) mass is 271 g/mol. The normalized spacial score (nSPS) is 14.3. The van der Waals surface area contributed by atoms with E-state index in [4.69, 9.17) is 0 Å². The van der Waals surface area contributed by atoms with Crippen molar-refractivity contribution < 1.29 is 4.92 Å². The van der Waals surface area contributed by atoms with Crippen molar-refractivity contribution in [3.05, 3.63) is 40.1 Å². The van der Waals surface area contributed by atoms with Gasteiger partial charge in [-0.15, -0.1) is 0 Å². The van der Waals surface area contributed by atoms with Crippen LogP contribution in [0.2, 0.25) is 0 Å². The number of hydrogen-bond donors (Lipinski definition) is 0. The van der Waals surface area contributed by atoms with Gasteiger partial charge in [0.15, 0.2) is 0 Å². The van der Waals surface area contributed by atoms with Crippen molar-refractivity contribution >= 4 is 22.3 Å². The molecule has 0 bridgehead atoms. The molecule has 1 saturated heterocycles. The first kappa shape index (κ1) is 12.8. The molecule has 0 radical (unpaired) electrons. The van der Waals surface area contributed by atoms with Gasteiger partial charge in [0.1, 0.15) is 0 Å². The van der Waals surface area contributed by atoms with Gasteiger partial charge in [-0.25, -0.2) is 0 Å². The van der Waals surface area contributed by atoms with Crippen LogP contribution in [0.1, 0.15) is 25.5 Å². The summed E-state index contributed by atoms with van der Waals surface area (Å²) in [4.78, 5) is 17.5. The standard InChI is InChI=1S/C15H17N3O2/c1-2-4-11-9-15(17-7-3-8-17)13-10-12(18(19)20)5-6-14(13)16-11/h5-6,9-10H,2-4,7-8H2,1H3. The highest BCUT2D eigenvalue weighted by atomic mass is 16.6. The number of nitro groups is 1. The SMILES string of the molecule is CCCc1cc(N2CCC2)c2cc([N+](=O)[O-])ccc2n1. The van der Waals surface area contributed by atoms with Crippen LogP contribution in [0.25, 0.3) is 10.9 Å². The molecule has 0 spiro atoms. The summed E-state index contributed by atoms with van der Waals surface area (Å²) < 4.78 is 0. The van der Waals surface area contributed by atoms with E-state index in [-0.39, 0.29) is 10.6 Å². The molecule has 5 heteroatoms. The second-order valence-electron chi connectivity index (χ2n) is 5.18. The number of anilines is 1. The van der Waals surface area contributed by atoms with Crippen LogP contribution in [-0.2, 0) is 6.42 Å². The molecular formula is C15H17N3O2. The van der Waals surface area contributed by atoms with Gasteiger partial charge >= 0.3 is 0 Å². The molecule has 2 aromatic rings. The molecule has 0 atom stereocenters. The number of pyridine rings is 1. The first-order valence-electron chi connectivity index (χ1n) is 7.02. The molecule has 0 amide bonds. The molecule has 20 heavy (non-hydrogen) atoms. The van der Waals surface area contributed by atoms with Crippen LogP contribution in [0.4, 0.5) is 11.4 Å². The Kier molecular flexibility index (Phi) is 3.26. The summed E-state index contributed by atoms with van der Waals surface area (Å²) in [6.45, 7) is 4.17. The lowest BCUT2D eigenvalue weighted by molar-refractivity contribution is -0.384. The van der Waals surface area contributed by atoms with E-state index in [1.54, 1.807) is 12.1 Å². The number of non-ortho nitro benzene ring substituents is 1. The first-order valence-corrected chi connectivity index (χ1v) is 7.02. The highest BCUT2D eigenvalue weighted by Crippen LogP contribution is 2.32. The van der Waals surface area contributed by atoms with Gasteiger partial charge in [0.05, 0.1) is 10.4 Å². The van der Waals surface area contributed by atoms with Crippen LogP contribution >= 0.6 is 0 Å². The van der Waals surface area contributed by atoms with E-state index in [1.807, 2.05) is 0 Å². The summed E-state index contributed by atoms with van der Waals surface area (Å²) in [5.74, 6) is 0. The van der Waals surface area contributed by atoms with Crippen molar-refractivity contribution in [3.8, 4) is 0 Å². The molecule has 1 aromatic heterocycles. The van der Waals surface area contributed by atoms with E-state index in [9.17, 15) is 10.1 Å². The number of aromatic nitrogens is 1. The van der Waals surface area contributed by atoms with Gasteiger partial charge in [0.2, 0.25) is 0 Å². The van der Waals surface area contributed by atoms with Crippen molar-refractivity contribution in [2.45, 2.75) is 26.2 Å². The van der Waals surface area contributed by atoms with E-state index in [0.717, 1.165) is 48.2 Å². The topological polar surface area (TPSA) is 59.3 Å². The van der Waals surface area contributed by atoms with E-state index in [2.05, 4.69) is 22.9 Å². The molecule has 3 rings (SSSR count). The van der Waals surface area contributed by atoms with Crippen LogP contribution in [0, 0.1) is 10.1 Å². The highest BCUT2D eigenvalue weighted by Gasteiger charge is 2.19. The van der Waals surface area contributed by atoms with Gasteiger partial charge < -0.3 is 4.90 Å². The van der Waals surface area contributed by atoms with E-state index in [1.165, 1.54) is 12.5 Å². The van der Waals surface area contributed by atoms with Crippen molar-refractivity contribution in [2.24, 2.45) is 0 Å². The van der Waals surface area contributed by atoms with Gasteiger partial charge in [0, 0.05) is 42.0 Å². The summed E-state index contributed by atoms with van der Waals surface area (Å²) in [5.41, 5.74) is 3.14. The Morgan fingerprint density at radius 3 is 2.75 bits per heavy atom. The van der Waals surface area contributed by atoms with Crippen molar-refractivity contribution in [3.63, 3.8) is 0 Å². The second-order valence-corrected chi connectivity index (χ2v) is 5.18. The van der Waals surface area contributed by atoms with Crippen LogP contribution in [0.5, 0.6) is 0 Å². The third kappa shape index (κ3) is 2.19. The zero-order chi connectivity index (χ0) is 14.1. The zero-order valence-corrected chi connectivity index (χ0v) is 11.5. The molecule has 1 fully saturated rings. The number of nitro benzene ring substituents is 1. The molecule has 1 aromatic carbocycles. The summed E-state index contributed by atoms with van der Waals surface area (Å²) in [6.07, 6.45) is 3.17. The Labute approximate surface area is 117 Å². The minimum Gasteiger partial charge on any atom is -0.371 e. The number of fused-ring (bicyclic) bond motifs is 1. The van der Waals surface area contributed by atoms with Gasteiger partial charge in [0.25, 0.3) is 5.69 Å². The fourth-order valence-electron chi connectivity index (χ4n) is 2.57. The minimum absolute atomic E-state index is 0.129. The van der Waals surface area contributed by atoms with Gasteiger partial charge in [-0.05, 0) is 25.0 Å². The summed E-state index contributed by atoms with van der Waals surface area (Å²) >= 11 is 0. The van der Waals surface area contributed by atoms with Crippen molar-refractivity contribution in [1.29, 1.82) is 0 Å². The smallest absolute Gasteiger partial charge is 0.270 e. The Morgan fingerprint density at radius 1 is 1.35 bits per heavy atom. The van der Waals surface area contributed by atoms with Crippen molar-refractivity contribution in [2.75, 3.05) is 18.0 Å². The third-order valence-corrected chi connectivity index (χ3v) is 3.74. The molecule has 1 aliphatic heterocycles. The number of nitrogens with zero attached hydrogens (tertiary/aromatic N) is 3. The largest absolute Gasteiger partial charge is 0.371 e. The summed E-state index contributed by atoms with van der Waals surface area (Å²) in [6, 6.07) is 7.03. The van der Waals surface area contributed by atoms with Crippen LogP contribution in [-0.4, -0.2) is 23.0 Å². The molecule has 104 valence electrons. The van der Waals surface area contributed by atoms with E-state index in [0.29, 0.717) is 0 Å². The Bertz CT molecular complexity index is 665. The average Bonchev–Trinajstić information content (AvgIpc) is 2.36. The maximum absolute atomic E-state index is 11.0. The molecule has 1 aliphatic rings. The number of aryl methyl sites for hydroxylation is 1. The fraction of sp³-hybridized carbons (Fsp3) is 0.400. The number of rotatable bonds is 4. The van der Waals surface area contributed by atoms with Gasteiger partial charge in [-0.1, -0.05) is 13.3 Å². The molecular weight excluding hydrogens is 254 g/mol. The lowest BCUT2D eigenvalue weighted by atomic mass is 10.1. The summed E-state index contributed by atoms with van der Waals surface area (Å²) in [5, 5.41) is 11.8. The van der Waals surface area contributed by atoms with Crippen LogP contribution in [0.3, 0.4) is 0 Å². The predicted molar refractivity (Wildman–Crippen MR) is 79.2 cm³/mol. The molecule has 0 unspecified atom stereocenters.